The number of aliphatic hydroxyl groups excluding tert-OH is 1. The highest BCUT2D eigenvalue weighted by molar-refractivity contribution is 5.79. The molecule has 1 atom stereocenters. The number of benzene rings is 1. The number of guanidine groups is 1. The molecule has 1 fully saturated rings. The van der Waals surface area contributed by atoms with Gasteiger partial charge in [0.25, 0.3) is 0 Å². The molecule has 2 rings (SSSR count). The lowest BCUT2D eigenvalue weighted by atomic mass is 10.1. The summed E-state index contributed by atoms with van der Waals surface area (Å²) >= 11 is 0. The Morgan fingerprint density at radius 1 is 1.22 bits per heavy atom. The summed E-state index contributed by atoms with van der Waals surface area (Å²) in [4.78, 5) is 4.49. The minimum Gasteiger partial charge on any atom is -0.491 e. The molecular formula is C21H35N3O3. The first-order valence-electron chi connectivity index (χ1n) is 10.1. The van der Waals surface area contributed by atoms with E-state index in [1.165, 1.54) is 12.8 Å². The van der Waals surface area contributed by atoms with Crippen molar-refractivity contribution in [1.82, 2.24) is 10.6 Å². The smallest absolute Gasteiger partial charge is 0.191 e. The van der Waals surface area contributed by atoms with E-state index in [0.29, 0.717) is 6.54 Å². The van der Waals surface area contributed by atoms with Gasteiger partial charge in [-0.1, -0.05) is 12.1 Å². The summed E-state index contributed by atoms with van der Waals surface area (Å²) < 4.78 is 11.3. The molecule has 1 saturated carbocycles. The van der Waals surface area contributed by atoms with Crippen molar-refractivity contribution in [3.63, 3.8) is 0 Å². The van der Waals surface area contributed by atoms with E-state index in [-0.39, 0.29) is 6.10 Å². The summed E-state index contributed by atoms with van der Waals surface area (Å²) in [6, 6.07) is 7.53. The lowest BCUT2D eigenvalue weighted by molar-refractivity contribution is 0.123. The molecule has 1 aliphatic carbocycles. The zero-order chi connectivity index (χ0) is 19.5. The van der Waals surface area contributed by atoms with E-state index in [1.54, 1.807) is 0 Å². The predicted octanol–water partition coefficient (Wildman–Crippen LogP) is 2.88. The summed E-state index contributed by atoms with van der Waals surface area (Å²) in [6.45, 7) is 9.57. The monoisotopic (exact) mass is 377 g/mol. The van der Waals surface area contributed by atoms with Crippen LogP contribution in [-0.4, -0.2) is 50.0 Å². The standard InChI is InChI=1S/C21H35N3O3/c1-4-22-21(23-12-5-13-26-15-17-6-7-17)24-14-20(25)18-8-10-19(11-9-18)27-16(2)3/h8-11,16-17,20,25H,4-7,12-15H2,1-3H3,(H2,22,23,24). The number of hydrogen-bond donors (Lipinski definition) is 3. The van der Waals surface area contributed by atoms with Crippen LogP contribution < -0.4 is 15.4 Å². The van der Waals surface area contributed by atoms with Crippen molar-refractivity contribution in [2.75, 3.05) is 32.8 Å². The Labute approximate surface area is 163 Å². The van der Waals surface area contributed by atoms with Crippen LogP contribution in [0.1, 0.15) is 51.7 Å². The van der Waals surface area contributed by atoms with Crippen molar-refractivity contribution in [3.8, 4) is 5.75 Å². The van der Waals surface area contributed by atoms with Crippen LogP contribution >= 0.6 is 0 Å². The summed E-state index contributed by atoms with van der Waals surface area (Å²) in [5.74, 6) is 2.34. The molecule has 0 heterocycles. The maximum Gasteiger partial charge on any atom is 0.191 e. The minimum atomic E-state index is -0.643. The van der Waals surface area contributed by atoms with Crippen molar-refractivity contribution in [3.05, 3.63) is 29.8 Å². The molecule has 0 spiro atoms. The first kappa shape index (κ1) is 21.5. The first-order chi connectivity index (χ1) is 13.1. The lowest BCUT2D eigenvalue weighted by Gasteiger charge is -2.14. The van der Waals surface area contributed by atoms with E-state index in [1.807, 2.05) is 45.0 Å². The van der Waals surface area contributed by atoms with Crippen LogP contribution in [0.2, 0.25) is 0 Å². The van der Waals surface area contributed by atoms with Gasteiger partial charge in [-0.25, -0.2) is 0 Å². The third-order valence-electron chi connectivity index (χ3n) is 4.21. The molecule has 0 saturated heterocycles. The van der Waals surface area contributed by atoms with Gasteiger partial charge in [0, 0.05) is 26.3 Å². The van der Waals surface area contributed by atoms with Crippen molar-refractivity contribution in [1.29, 1.82) is 0 Å². The third kappa shape index (κ3) is 9.11. The Kier molecular flexibility index (Phi) is 9.42. The average molecular weight is 378 g/mol. The maximum atomic E-state index is 10.4. The van der Waals surface area contributed by atoms with Crippen molar-refractivity contribution < 1.29 is 14.6 Å². The van der Waals surface area contributed by atoms with Crippen LogP contribution in [0.15, 0.2) is 29.3 Å². The molecule has 0 bridgehead atoms. The minimum absolute atomic E-state index is 0.137. The number of hydrogen-bond acceptors (Lipinski definition) is 4. The highest BCUT2D eigenvalue weighted by Gasteiger charge is 2.20. The highest BCUT2D eigenvalue weighted by Crippen LogP contribution is 2.28. The van der Waals surface area contributed by atoms with Crippen LogP contribution in [0.4, 0.5) is 0 Å². The molecule has 0 amide bonds. The molecule has 1 aromatic carbocycles. The Morgan fingerprint density at radius 3 is 2.59 bits per heavy atom. The van der Waals surface area contributed by atoms with Gasteiger partial charge in [-0.05, 0) is 63.6 Å². The fourth-order valence-corrected chi connectivity index (χ4v) is 2.58. The summed E-state index contributed by atoms with van der Waals surface area (Å²) in [6.07, 6.45) is 3.08. The Hall–Kier alpha value is -1.79. The van der Waals surface area contributed by atoms with Gasteiger partial charge in [0.1, 0.15) is 5.75 Å². The molecule has 6 nitrogen and oxygen atoms in total. The van der Waals surface area contributed by atoms with Gasteiger partial charge in [-0.2, -0.15) is 0 Å². The Morgan fingerprint density at radius 2 is 1.96 bits per heavy atom. The topological polar surface area (TPSA) is 75.1 Å². The predicted molar refractivity (Wildman–Crippen MR) is 109 cm³/mol. The van der Waals surface area contributed by atoms with Crippen molar-refractivity contribution in [2.24, 2.45) is 10.9 Å². The second-order valence-electron chi connectivity index (χ2n) is 7.27. The molecule has 6 heteroatoms. The van der Waals surface area contributed by atoms with Crippen molar-refractivity contribution in [2.45, 2.75) is 52.2 Å². The molecule has 0 radical (unpaired) electrons. The zero-order valence-corrected chi connectivity index (χ0v) is 16.9. The average Bonchev–Trinajstić information content (AvgIpc) is 3.46. The number of aliphatic hydroxyl groups is 1. The largest absolute Gasteiger partial charge is 0.491 e. The third-order valence-corrected chi connectivity index (χ3v) is 4.21. The maximum absolute atomic E-state index is 10.4. The molecule has 3 N–H and O–H groups in total. The van der Waals surface area contributed by atoms with E-state index in [2.05, 4.69) is 15.6 Å². The lowest BCUT2D eigenvalue weighted by Crippen LogP contribution is -2.38. The second kappa shape index (κ2) is 11.8. The van der Waals surface area contributed by atoms with E-state index >= 15 is 0 Å². The van der Waals surface area contributed by atoms with Crippen LogP contribution in [0, 0.1) is 5.92 Å². The fourth-order valence-electron chi connectivity index (χ4n) is 2.58. The molecule has 1 aromatic rings. The van der Waals surface area contributed by atoms with E-state index in [4.69, 9.17) is 9.47 Å². The van der Waals surface area contributed by atoms with Gasteiger partial charge >= 0.3 is 0 Å². The molecule has 0 aliphatic heterocycles. The summed E-state index contributed by atoms with van der Waals surface area (Å²) in [5, 5.41) is 16.9. The molecule has 27 heavy (non-hydrogen) atoms. The fraction of sp³-hybridized carbons (Fsp3) is 0.667. The number of nitrogens with zero attached hydrogens (tertiary/aromatic N) is 1. The number of nitrogens with one attached hydrogen (secondary N) is 2. The van der Waals surface area contributed by atoms with E-state index in [9.17, 15) is 5.11 Å². The van der Waals surface area contributed by atoms with Gasteiger partial charge in [0.15, 0.2) is 5.96 Å². The number of rotatable bonds is 12. The molecule has 1 unspecified atom stereocenters. The van der Waals surface area contributed by atoms with Gasteiger partial charge in [0.05, 0.1) is 18.8 Å². The van der Waals surface area contributed by atoms with Crippen molar-refractivity contribution >= 4 is 5.96 Å². The van der Waals surface area contributed by atoms with Crippen LogP contribution in [-0.2, 0) is 4.74 Å². The van der Waals surface area contributed by atoms with E-state index < -0.39 is 6.10 Å². The van der Waals surface area contributed by atoms with E-state index in [0.717, 1.165) is 55.9 Å². The Bertz CT molecular complexity index is 556. The first-order valence-corrected chi connectivity index (χ1v) is 10.1. The highest BCUT2D eigenvalue weighted by atomic mass is 16.5. The summed E-state index contributed by atoms with van der Waals surface area (Å²) in [7, 11) is 0. The van der Waals surface area contributed by atoms with Gasteiger partial charge in [-0.15, -0.1) is 0 Å². The normalized spacial score (nSPS) is 15.7. The van der Waals surface area contributed by atoms with Crippen LogP contribution in [0.3, 0.4) is 0 Å². The van der Waals surface area contributed by atoms with Gasteiger partial charge in [-0.3, -0.25) is 4.99 Å². The zero-order valence-electron chi connectivity index (χ0n) is 16.9. The summed E-state index contributed by atoms with van der Waals surface area (Å²) in [5.41, 5.74) is 0.833. The number of ether oxygens (including phenoxy) is 2. The van der Waals surface area contributed by atoms with Crippen LogP contribution in [0.25, 0.3) is 0 Å². The SMILES string of the molecule is CCNC(=NCC(O)c1ccc(OC(C)C)cc1)NCCCOCC1CC1. The molecule has 152 valence electrons. The van der Waals surface area contributed by atoms with Gasteiger partial charge in [0.2, 0.25) is 0 Å². The van der Waals surface area contributed by atoms with Crippen LogP contribution in [0.5, 0.6) is 5.75 Å². The number of aliphatic imine (C=N–C) groups is 1. The Balaban J connectivity index is 1.72. The molecule has 0 aromatic heterocycles. The molecular weight excluding hydrogens is 342 g/mol. The quantitative estimate of drug-likeness (QED) is 0.297. The molecule has 1 aliphatic rings. The van der Waals surface area contributed by atoms with Gasteiger partial charge < -0.3 is 25.2 Å². The second-order valence-corrected chi connectivity index (χ2v) is 7.27.